The van der Waals surface area contributed by atoms with Crippen LogP contribution in [0, 0.1) is 0 Å². The van der Waals surface area contributed by atoms with Crippen LogP contribution in [0.3, 0.4) is 0 Å². The van der Waals surface area contributed by atoms with Crippen LogP contribution in [0.5, 0.6) is 0 Å². The lowest BCUT2D eigenvalue weighted by atomic mass is 10.0. The van der Waals surface area contributed by atoms with E-state index in [1.807, 2.05) is 0 Å². The highest BCUT2D eigenvalue weighted by Crippen LogP contribution is 2.12. The summed E-state index contributed by atoms with van der Waals surface area (Å²) in [6, 6.07) is 0. The molecule has 0 aromatic rings. The molecule has 0 aliphatic carbocycles. The average molecular weight is 228 g/mol. The zero-order chi connectivity index (χ0) is 12.1. The standard InChI is InChI=1S/C15H32O/c1-3-5-6-7-8-9-10-11-12-14-15(16)13-4-2/h15-16H,3-14H2,1-2H3. The Labute approximate surface area is 103 Å². The highest BCUT2D eigenvalue weighted by atomic mass is 16.3. The third-order valence-corrected chi connectivity index (χ3v) is 3.26. The molecule has 0 saturated heterocycles. The van der Waals surface area contributed by atoms with Crippen molar-refractivity contribution in [2.45, 2.75) is 97.0 Å². The summed E-state index contributed by atoms with van der Waals surface area (Å²) in [5.41, 5.74) is 0. The Kier molecular flexibility index (Phi) is 13.0. The highest BCUT2D eigenvalue weighted by molar-refractivity contribution is 4.55. The predicted octanol–water partition coefficient (Wildman–Crippen LogP) is 5.07. The zero-order valence-electron chi connectivity index (χ0n) is 11.5. The van der Waals surface area contributed by atoms with E-state index in [0.29, 0.717) is 0 Å². The molecule has 1 nitrogen and oxygen atoms in total. The smallest absolute Gasteiger partial charge is 0.0540 e. The van der Waals surface area contributed by atoms with Crippen LogP contribution < -0.4 is 0 Å². The number of unbranched alkanes of at least 4 members (excludes halogenated alkanes) is 8. The van der Waals surface area contributed by atoms with Crippen LogP contribution in [0.4, 0.5) is 0 Å². The van der Waals surface area contributed by atoms with Gasteiger partial charge in [-0.3, -0.25) is 0 Å². The summed E-state index contributed by atoms with van der Waals surface area (Å²) >= 11 is 0. The first-order valence-electron chi connectivity index (χ1n) is 7.49. The topological polar surface area (TPSA) is 20.2 Å². The van der Waals surface area contributed by atoms with E-state index in [9.17, 15) is 5.11 Å². The summed E-state index contributed by atoms with van der Waals surface area (Å²) in [5, 5.41) is 9.55. The zero-order valence-corrected chi connectivity index (χ0v) is 11.5. The predicted molar refractivity (Wildman–Crippen MR) is 72.8 cm³/mol. The van der Waals surface area contributed by atoms with Gasteiger partial charge in [0.15, 0.2) is 0 Å². The fraction of sp³-hybridized carbons (Fsp3) is 1.00. The van der Waals surface area contributed by atoms with E-state index in [1.165, 1.54) is 57.8 Å². The van der Waals surface area contributed by atoms with E-state index in [4.69, 9.17) is 0 Å². The molecule has 98 valence electrons. The van der Waals surface area contributed by atoms with Gasteiger partial charge in [-0.05, 0) is 12.8 Å². The molecule has 0 amide bonds. The van der Waals surface area contributed by atoms with Crippen molar-refractivity contribution in [2.24, 2.45) is 0 Å². The van der Waals surface area contributed by atoms with Crippen molar-refractivity contribution in [3.63, 3.8) is 0 Å². The van der Waals surface area contributed by atoms with E-state index in [1.54, 1.807) is 0 Å². The Hall–Kier alpha value is -0.0400. The molecule has 0 rings (SSSR count). The van der Waals surface area contributed by atoms with Crippen LogP contribution in [0.1, 0.15) is 90.9 Å². The van der Waals surface area contributed by atoms with Gasteiger partial charge in [-0.15, -0.1) is 0 Å². The summed E-state index contributed by atoms with van der Waals surface area (Å²) in [7, 11) is 0. The minimum atomic E-state index is -0.0328. The Morgan fingerprint density at radius 1 is 0.625 bits per heavy atom. The maximum Gasteiger partial charge on any atom is 0.0540 e. The molecular formula is C15H32O. The van der Waals surface area contributed by atoms with Crippen molar-refractivity contribution in [1.82, 2.24) is 0 Å². The van der Waals surface area contributed by atoms with Crippen LogP contribution >= 0.6 is 0 Å². The molecule has 0 aromatic heterocycles. The van der Waals surface area contributed by atoms with E-state index in [-0.39, 0.29) is 6.10 Å². The van der Waals surface area contributed by atoms with Crippen molar-refractivity contribution in [3.8, 4) is 0 Å². The first-order chi connectivity index (χ1) is 7.81. The number of hydrogen-bond acceptors (Lipinski definition) is 1. The molecule has 0 radical (unpaired) electrons. The van der Waals surface area contributed by atoms with Crippen molar-refractivity contribution < 1.29 is 5.11 Å². The number of aliphatic hydroxyl groups excluding tert-OH is 1. The molecule has 0 spiro atoms. The molecule has 1 heteroatoms. The first-order valence-corrected chi connectivity index (χ1v) is 7.49. The highest BCUT2D eigenvalue weighted by Gasteiger charge is 2.01. The molecule has 1 atom stereocenters. The molecule has 1 N–H and O–H groups in total. The van der Waals surface area contributed by atoms with Crippen LogP contribution in [-0.2, 0) is 0 Å². The monoisotopic (exact) mass is 228 g/mol. The van der Waals surface area contributed by atoms with E-state index in [2.05, 4.69) is 13.8 Å². The van der Waals surface area contributed by atoms with Crippen molar-refractivity contribution in [2.75, 3.05) is 0 Å². The Morgan fingerprint density at radius 3 is 1.62 bits per heavy atom. The van der Waals surface area contributed by atoms with Gasteiger partial charge >= 0.3 is 0 Å². The molecule has 0 heterocycles. The Bertz CT molecular complexity index is 123. The van der Waals surface area contributed by atoms with Crippen LogP contribution in [0.2, 0.25) is 0 Å². The first kappa shape index (κ1) is 16.0. The molecule has 0 fully saturated rings. The third kappa shape index (κ3) is 12.0. The maximum atomic E-state index is 9.55. The SMILES string of the molecule is CCCCCCCCCCCC(O)CCC. The van der Waals surface area contributed by atoms with E-state index >= 15 is 0 Å². The van der Waals surface area contributed by atoms with Gasteiger partial charge in [0.1, 0.15) is 0 Å². The fourth-order valence-electron chi connectivity index (χ4n) is 2.17. The summed E-state index contributed by atoms with van der Waals surface area (Å²) < 4.78 is 0. The van der Waals surface area contributed by atoms with Crippen molar-refractivity contribution >= 4 is 0 Å². The average Bonchev–Trinajstić information content (AvgIpc) is 2.27. The van der Waals surface area contributed by atoms with Gasteiger partial charge in [0, 0.05) is 0 Å². The van der Waals surface area contributed by atoms with Gasteiger partial charge in [-0.2, -0.15) is 0 Å². The second-order valence-corrected chi connectivity index (χ2v) is 5.06. The maximum absolute atomic E-state index is 9.55. The minimum absolute atomic E-state index is 0.0328. The van der Waals surface area contributed by atoms with E-state index < -0.39 is 0 Å². The van der Waals surface area contributed by atoms with Gasteiger partial charge in [-0.25, -0.2) is 0 Å². The Morgan fingerprint density at radius 2 is 1.12 bits per heavy atom. The summed E-state index contributed by atoms with van der Waals surface area (Å²) in [5.74, 6) is 0. The fourth-order valence-corrected chi connectivity index (χ4v) is 2.17. The van der Waals surface area contributed by atoms with E-state index in [0.717, 1.165) is 19.3 Å². The van der Waals surface area contributed by atoms with Gasteiger partial charge in [-0.1, -0.05) is 78.1 Å². The minimum Gasteiger partial charge on any atom is -0.393 e. The summed E-state index contributed by atoms with van der Waals surface area (Å²) in [6.07, 6.45) is 15.4. The number of hydrogen-bond donors (Lipinski definition) is 1. The second-order valence-electron chi connectivity index (χ2n) is 5.06. The van der Waals surface area contributed by atoms with Gasteiger partial charge in [0.05, 0.1) is 6.10 Å². The normalized spacial score (nSPS) is 12.9. The Balaban J connectivity index is 2.98. The molecule has 0 aromatic carbocycles. The lowest BCUT2D eigenvalue weighted by molar-refractivity contribution is 0.150. The summed E-state index contributed by atoms with van der Waals surface area (Å²) in [6.45, 7) is 4.40. The number of aliphatic hydroxyl groups is 1. The third-order valence-electron chi connectivity index (χ3n) is 3.26. The molecule has 0 aliphatic heterocycles. The quantitative estimate of drug-likeness (QED) is 0.462. The molecular weight excluding hydrogens is 196 g/mol. The molecule has 16 heavy (non-hydrogen) atoms. The largest absolute Gasteiger partial charge is 0.393 e. The number of rotatable bonds is 12. The van der Waals surface area contributed by atoms with Crippen molar-refractivity contribution in [1.29, 1.82) is 0 Å². The van der Waals surface area contributed by atoms with Crippen LogP contribution in [-0.4, -0.2) is 11.2 Å². The molecule has 0 saturated carbocycles. The summed E-state index contributed by atoms with van der Waals surface area (Å²) in [4.78, 5) is 0. The lowest BCUT2D eigenvalue weighted by Gasteiger charge is -2.08. The van der Waals surface area contributed by atoms with Crippen LogP contribution in [0.25, 0.3) is 0 Å². The van der Waals surface area contributed by atoms with Crippen molar-refractivity contribution in [3.05, 3.63) is 0 Å². The molecule has 1 unspecified atom stereocenters. The molecule has 0 bridgehead atoms. The van der Waals surface area contributed by atoms with Gasteiger partial charge < -0.3 is 5.11 Å². The van der Waals surface area contributed by atoms with Gasteiger partial charge in [0.25, 0.3) is 0 Å². The lowest BCUT2D eigenvalue weighted by Crippen LogP contribution is -2.04. The van der Waals surface area contributed by atoms with Crippen LogP contribution in [0.15, 0.2) is 0 Å². The second kappa shape index (κ2) is 13.0. The van der Waals surface area contributed by atoms with Gasteiger partial charge in [0.2, 0.25) is 0 Å². The molecule has 0 aliphatic rings.